The van der Waals surface area contributed by atoms with Gasteiger partial charge in [-0.05, 0) is 18.6 Å². The fourth-order valence-electron chi connectivity index (χ4n) is 1.96. The average Bonchev–Trinajstić information content (AvgIpc) is 2.57. The van der Waals surface area contributed by atoms with E-state index in [1.165, 1.54) is 0 Å². The molecule has 1 aliphatic heterocycles. The molecule has 0 aliphatic carbocycles. The van der Waals surface area contributed by atoms with Crippen molar-refractivity contribution in [1.29, 1.82) is 0 Å². The number of benzene rings is 1. The van der Waals surface area contributed by atoms with Gasteiger partial charge in [0.1, 0.15) is 11.9 Å². The zero-order valence-electron chi connectivity index (χ0n) is 9.33. The molecular weight excluding hydrogens is 225 g/mol. The van der Waals surface area contributed by atoms with Gasteiger partial charge in [-0.3, -0.25) is 10.1 Å². The molecule has 1 atom stereocenters. The van der Waals surface area contributed by atoms with Crippen LogP contribution in [0.25, 0.3) is 0 Å². The number of nitro groups is 1. The van der Waals surface area contributed by atoms with Crippen LogP contribution in [0.1, 0.15) is 18.6 Å². The molecule has 1 aliphatic rings. The van der Waals surface area contributed by atoms with Gasteiger partial charge < -0.3 is 14.4 Å². The Hall–Kier alpha value is -1.60. The van der Waals surface area contributed by atoms with Crippen LogP contribution in [0.5, 0.6) is 5.75 Å². The largest absolute Gasteiger partial charge is 0.496 e. The maximum absolute atomic E-state index is 10.5. The average molecular weight is 237 g/mol. The minimum Gasteiger partial charge on any atom is -0.494 e. The van der Waals surface area contributed by atoms with E-state index < -0.39 is 18.1 Å². The summed E-state index contributed by atoms with van der Waals surface area (Å²) in [6.45, 7) is 1.93. The molecule has 17 heavy (non-hydrogen) atoms. The van der Waals surface area contributed by atoms with Crippen molar-refractivity contribution < 1.29 is 19.3 Å². The Balaban J connectivity index is 2.35. The van der Waals surface area contributed by atoms with E-state index in [1.807, 2.05) is 6.92 Å². The molecular formula is C10H12BNO5. The van der Waals surface area contributed by atoms with Crippen LogP contribution in [0.15, 0.2) is 18.2 Å². The first-order valence-electron chi connectivity index (χ1n) is 5.34. The van der Waals surface area contributed by atoms with E-state index in [2.05, 4.69) is 0 Å². The van der Waals surface area contributed by atoms with Crippen molar-refractivity contribution in [2.24, 2.45) is 0 Å². The molecule has 0 bridgehead atoms. The van der Waals surface area contributed by atoms with Crippen LogP contribution < -0.4 is 10.2 Å². The highest BCUT2D eigenvalue weighted by atomic mass is 16.6. The Bertz CT molecular complexity index is 439. The molecule has 7 heteroatoms. The van der Waals surface area contributed by atoms with Gasteiger partial charge in [-0.15, -0.1) is 0 Å². The summed E-state index contributed by atoms with van der Waals surface area (Å²) < 4.78 is 10.5. The van der Waals surface area contributed by atoms with Crippen LogP contribution in [-0.4, -0.2) is 30.2 Å². The van der Waals surface area contributed by atoms with Gasteiger partial charge in [0.25, 0.3) is 0 Å². The number of nitrogens with zero attached hydrogens (tertiary/aromatic N) is 1. The Kier molecular flexibility index (Phi) is 3.30. The first kappa shape index (κ1) is 11.9. The van der Waals surface area contributed by atoms with Gasteiger partial charge in [-0.2, -0.15) is 0 Å². The van der Waals surface area contributed by atoms with Gasteiger partial charge in [0.05, 0.1) is 6.61 Å². The maximum atomic E-state index is 10.5. The van der Waals surface area contributed by atoms with E-state index >= 15 is 0 Å². The highest BCUT2D eigenvalue weighted by molar-refractivity contribution is 6.62. The minimum atomic E-state index is -1.15. The highest BCUT2D eigenvalue weighted by Gasteiger charge is 2.40. The van der Waals surface area contributed by atoms with E-state index in [4.69, 9.17) is 9.39 Å². The Morgan fingerprint density at radius 1 is 1.65 bits per heavy atom. The molecule has 1 N–H and O–H groups in total. The summed E-state index contributed by atoms with van der Waals surface area (Å²) in [6, 6.07) is 5.16. The predicted octanol–water partition coefficient (Wildman–Crippen LogP) is 0.121. The SMILES string of the molecule is CCOc1cccc2c1B(O)OC2C[N+](=O)[O-]. The zero-order chi connectivity index (χ0) is 12.4. The molecule has 0 amide bonds. The van der Waals surface area contributed by atoms with Crippen molar-refractivity contribution in [1.82, 2.24) is 0 Å². The third-order valence-corrected chi connectivity index (χ3v) is 2.60. The Labute approximate surface area is 98.5 Å². The predicted molar refractivity (Wildman–Crippen MR) is 60.9 cm³/mol. The lowest BCUT2D eigenvalue weighted by molar-refractivity contribution is -0.490. The number of hydrogen-bond donors (Lipinski definition) is 1. The number of ether oxygens (including phenoxy) is 1. The summed E-state index contributed by atoms with van der Waals surface area (Å²) >= 11 is 0. The summed E-state index contributed by atoms with van der Waals surface area (Å²) in [7, 11) is -1.15. The van der Waals surface area contributed by atoms with Crippen molar-refractivity contribution in [3.05, 3.63) is 33.9 Å². The second kappa shape index (κ2) is 4.73. The molecule has 1 aromatic carbocycles. The molecule has 0 radical (unpaired) electrons. The standard InChI is InChI=1S/C10H12BNO5/c1-2-16-8-5-3-4-7-9(6-12(14)15)17-11(13)10(7)8/h3-5,9,13H,2,6H2,1H3. The lowest BCUT2D eigenvalue weighted by atomic mass is 9.78. The normalized spacial score (nSPS) is 18.0. The lowest BCUT2D eigenvalue weighted by Gasteiger charge is -2.09. The third-order valence-electron chi connectivity index (χ3n) is 2.60. The molecule has 0 saturated carbocycles. The summed E-state index contributed by atoms with van der Waals surface area (Å²) in [5, 5.41) is 20.2. The van der Waals surface area contributed by atoms with Gasteiger partial charge in [-0.25, -0.2) is 0 Å². The van der Waals surface area contributed by atoms with Crippen LogP contribution in [-0.2, 0) is 4.65 Å². The molecule has 90 valence electrons. The molecule has 1 aromatic rings. The molecule has 0 aromatic heterocycles. The second-order valence-corrected chi connectivity index (χ2v) is 3.68. The maximum Gasteiger partial charge on any atom is 0.496 e. The lowest BCUT2D eigenvalue weighted by Crippen LogP contribution is -2.29. The molecule has 1 heterocycles. The first-order valence-corrected chi connectivity index (χ1v) is 5.34. The number of fused-ring (bicyclic) bond motifs is 1. The van der Waals surface area contributed by atoms with Gasteiger partial charge >= 0.3 is 7.12 Å². The highest BCUT2D eigenvalue weighted by Crippen LogP contribution is 2.27. The zero-order valence-corrected chi connectivity index (χ0v) is 9.33. The van der Waals surface area contributed by atoms with Crippen LogP contribution in [0.2, 0.25) is 0 Å². The summed E-state index contributed by atoms with van der Waals surface area (Å²) in [5.41, 5.74) is 1.13. The summed E-state index contributed by atoms with van der Waals surface area (Å²) in [5.74, 6) is 0.517. The quantitative estimate of drug-likeness (QED) is 0.457. The van der Waals surface area contributed by atoms with Crippen LogP contribution >= 0.6 is 0 Å². The topological polar surface area (TPSA) is 81.8 Å². The van der Waals surface area contributed by atoms with Crippen molar-refractivity contribution in [3.8, 4) is 5.75 Å². The van der Waals surface area contributed by atoms with Crippen molar-refractivity contribution in [2.45, 2.75) is 13.0 Å². The van der Waals surface area contributed by atoms with E-state index in [9.17, 15) is 15.1 Å². The first-order chi connectivity index (χ1) is 8.13. The van der Waals surface area contributed by atoms with E-state index in [-0.39, 0.29) is 6.54 Å². The monoisotopic (exact) mass is 237 g/mol. The van der Waals surface area contributed by atoms with Crippen molar-refractivity contribution in [3.63, 3.8) is 0 Å². The molecule has 0 spiro atoms. The van der Waals surface area contributed by atoms with E-state index in [0.717, 1.165) is 0 Å². The number of hydrogen-bond acceptors (Lipinski definition) is 5. The fraction of sp³-hybridized carbons (Fsp3) is 0.400. The molecule has 6 nitrogen and oxygen atoms in total. The third kappa shape index (κ3) is 2.25. The Morgan fingerprint density at radius 3 is 3.06 bits per heavy atom. The van der Waals surface area contributed by atoms with E-state index in [0.29, 0.717) is 23.4 Å². The van der Waals surface area contributed by atoms with Gasteiger partial charge in [0.15, 0.2) is 0 Å². The fourth-order valence-corrected chi connectivity index (χ4v) is 1.96. The smallest absolute Gasteiger partial charge is 0.494 e. The summed E-state index contributed by atoms with van der Waals surface area (Å²) in [4.78, 5) is 10.0. The van der Waals surface area contributed by atoms with Gasteiger partial charge in [0, 0.05) is 10.4 Å². The molecule has 0 saturated heterocycles. The summed E-state index contributed by atoms with van der Waals surface area (Å²) in [6.07, 6.45) is -0.713. The Morgan fingerprint density at radius 2 is 2.41 bits per heavy atom. The van der Waals surface area contributed by atoms with E-state index in [1.54, 1.807) is 18.2 Å². The number of rotatable bonds is 4. The second-order valence-electron chi connectivity index (χ2n) is 3.68. The molecule has 1 unspecified atom stereocenters. The van der Waals surface area contributed by atoms with Crippen LogP contribution in [0, 0.1) is 10.1 Å². The van der Waals surface area contributed by atoms with Crippen molar-refractivity contribution in [2.75, 3.05) is 13.2 Å². The molecule has 2 rings (SSSR count). The van der Waals surface area contributed by atoms with Crippen LogP contribution in [0.4, 0.5) is 0 Å². The van der Waals surface area contributed by atoms with Gasteiger partial charge in [-0.1, -0.05) is 12.1 Å². The minimum absolute atomic E-state index is 0.361. The molecule has 0 fully saturated rings. The van der Waals surface area contributed by atoms with Crippen LogP contribution in [0.3, 0.4) is 0 Å². The van der Waals surface area contributed by atoms with Gasteiger partial charge in [0.2, 0.25) is 6.54 Å². The van der Waals surface area contributed by atoms with Crippen molar-refractivity contribution >= 4 is 12.6 Å².